The third-order valence-corrected chi connectivity index (χ3v) is 6.29. The topological polar surface area (TPSA) is 44.0 Å². The first-order chi connectivity index (χ1) is 12.9. The number of rotatable bonds is 5. The van der Waals surface area contributed by atoms with E-state index in [1.54, 1.807) is 4.57 Å². The molecule has 0 aliphatic heterocycles. The van der Waals surface area contributed by atoms with Gasteiger partial charge in [-0.25, -0.2) is 4.79 Å². The molecule has 0 unspecified atom stereocenters. The Morgan fingerprint density at radius 1 is 0.852 bits per heavy atom. The first-order valence-corrected chi connectivity index (χ1v) is 10.1. The molecular formula is C22H23IN2O2. The molecule has 0 spiro atoms. The molecule has 5 heteroatoms. The summed E-state index contributed by atoms with van der Waals surface area (Å²) in [5, 5.41) is 0. The summed E-state index contributed by atoms with van der Waals surface area (Å²) in [5.74, 6) is 0. The fraction of sp³-hybridized carbons (Fsp3) is 0.273. The van der Waals surface area contributed by atoms with E-state index in [1.165, 1.54) is 4.57 Å². The fourth-order valence-electron chi connectivity index (χ4n) is 3.29. The van der Waals surface area contributed by atoms with E-state index in [0.29, 0.717) is 23.1 Å². The molecule has 0 aliphatic carbocycles. The zero-order valence-corrected chi connectivity index (χ0v) is 18.0. The average molecular weight is 474 g/mol. The van der Waals surface area contributed by atoms with Crippen molar-refractivity contribution in [2.75, 3.05) is 0 Å². The molecule has 0 atom stereocenters. The number of halogens is 1. The Bertz CT molecular complexity index is 1060. The number of nitrogens with zero attached hydrogens (tertiary/aromatic N) is 2. The van der Waals surface area contributed by atoms with Gasteiger partial charge in [-0.1, -0.05) is 48.5 Å². The Balaban J connectivity index is 2.03. The van der Waals surface area contributed by atoms with Crippen LogP contribution in [0.4, 0.5) is 0 Å². The van der Waals surface area contributed by atoms with Crippen molar-refractivity contribution < 1.29 is 0 Å². The molecule has 1 heterocycles. The van der Waals surface area contributed by atoms with Crippen LogP contribution in [0, 0.1) is 24.3 Å². The van der Waals surface area contributed by atoms with Gasteiger partial charge in [0.25, 0.3) is 5.56 Å². The Hall–Kier alpha value is -2.15. The highest BCUT2D eigenvalue weighted by molar-refractivity contribution is 14.1. The Morgan fingerprint density at radius 2 is 1.48 bits per heavy atom. The van der Waals surface area contributed by atoms with E-state index < -0.39 is 0 Å². The van der Waals surface area contributed by atoms with Gasteiger partial charge in [0.1, 0.15) is 0 Å². The molecule has 0 bridgehead atoms. The van der Waals surface area contributed by atoms with E-state index in [0.717, 1.165) is 27.9 Å². The standard InChI is InChI=1S/C22H23IN2O2/c1-15-8-7-9-16(2)19(15)14-25-17(3)20(23)21(26)24(22(25)27)13-12-18-10-5-4-6-11-18/h4-11H,12-14H2,1-3H3. The molecule has 27 heavy (non-hydrogen) atoms. The highest BCUT2D eigenvalue weighted by Gasteiger charge is 2.16. The van der Waals surface area contributed by atoms with E-state index in [-0.39, 0.29) is 11.2 Å². The summed E-state index contributed by atoms with van der Waals surface area (Å²) in [7, 11) is 0. The van der Waals surface area contributed by atoms with Crippen LogP contribution in [0.2, 0.25) is 0 Å². The monoisotopic (exact) mass is 474 g/mol. The van der Waals surface area contributed by atoms with Gasteiger partial charge in [0, 0.05) is 12.2 Å². The smallest absolute Gasteiger partial charge is 0.292 e. The lowest BCUT2D eigenvalue weighted by molar-refractivity contribution is 0.557. The highest BCUT2D eigenvalue weighted by Crippen LogP contribution is 2.16. The minimum Gasteiger partial charge on any atom is -0.292 e. The van der Waals surface area contributed by atoms with E-state index >= 15 is 0 Å². The summed E-state index contributed by atoms with van der Waals surface area (Å²) in [4.78, 5) is 25.8. The van der Waals surface area contributed by atoms with E-state index in [1.807, 2.05) is 43.3 Å². The Labute approximate surface area is 172 Å². The van der Waals surface area contributed by atoms with Gasteiger partial charge >= 0.3 is 5.69 Å². The average Bonchev–Trinajstić information content (AvgIpc) is 2.66. The summed E-state index contributed by atoms with van der Waals surface area (Å²) < 4.78 is 3.70. The number of aryl methyl sites for hydroxylation is 3. The maximum absolute atomic E-state index is 13.1. The van der Waals surface area contributed by atoms with Gasteiger partial charge in [0.2, 0.25) is 0 Å². The first-order valence-electron chi connectivity index (χ1n) is 8.99. The van der Waals surface area contributed by atoms with Crippen LogP contribution < -0.4 is 11.2 Å². The molecule has 0 fully saturated rings. The molecule has 1 aromatic heterocycles. The first kappa shape index (κ1) is 19.6. The van der Waals surface area contributed by atoms with Crippen LogP contribution in [-0.2, 0) is 19.5 Å². The second-order valence-electron chi connectivity index (χ2n) is 6.83. The maximum atomic E-state index is 13.1. The largest absolute Gasteiger partial charge is 0.331 e. The Kier molecular flexibility index (Phi) is 5.99. The molecule has 0 radical (unpaired) electrons. The lowest BCUT2D eigenvalue weighted by Crippen LogP contribution is -2.43. The van der Waals surface area contributed by atoms with Gasteiger partial charge in [-0.05, 0) is 72.0 Å². The summed E-state index contributed by atoms with van der Waals surface area (Å²) >= 11 is 2.06. The predicted octanol–water partition coefficient (Wildman–Crippen LogP) is 3.83. The van der Waals surface area contributed by atoms with Crippen LogP contribution in [0.3, 0.4) is 0 Å². The van der Waals surface area contributed by atoms with Gasteiger partial charge in [0.05, 0.1) is 10.1 Å². The van der Waals surface area contributed by atoms with Crippen molar-refractivity contribution in [3.63, 3.8) is 0 Å². The number of aromatic nitrogens is 2. The molecule has 140 valence electrons. The van der Waals surface area contributed by atoms with Crippen molar-refractivity contribution >= 4 is 22.6 Å². The molecule has 3 aromatic rings. The maximum Gasteiger partial charge on any atom is 0.331 e. The molecule has 0 aliphatic rings. The SMILES string of the molecule is Cc1cccc(C)c1Cn1c(C)c(I)c(=O)n(CCc2ccccc2)c1=O. The van der Waals surface area contributed by atoms with Crippen LogP contribution in [0.25, 0.3) is 0 Å². The molecular weight excluding hydrogens is 451 g/mol. The van der Waals surface area contributed by atoms with Crippen molar-refractivity contribution in [2.24, 2.45) is 0 Å². The number of benzene rings is 2. The number of hydrogen-bond donors (Lipinski definition) is 0. The second kappa shape index (κ2) is 8.25. The van der Waals surface area contributed by atoms with Crippen molar-refractivity contribution in [1.29, 1.82) is 0 Å². The van der Waals surface area contributed by atoms with Gasteiger partial charge < -0.3 is 0 Å². The quantitative estimate of drug-likeness (QED) is 0.528. The van der Waals surface area contributed by atoms with E-state index in [2.05, 4.69) is 48.6 Å². The van der Waals surface area contributed by atoms with Gasteiger partial charge in [-0.15, -0.1) is 0 Å². The highest BCUT2D eigenvalue weighted by atomic mass is 127. The minimum atomic E-state index is -0.239. The molecule has 4 nitrogen and oxygen atoms in total. The van der Waals surface area contributed by atoms with Gasteiger partial charge in [-0.2, -0.15) is 0 Å². The molecule has 0 N–H and O–H groups in total. The van der Waals surface area contributed by atoms with Crippen LogP contribution in [-0.4, -0.2) is 9.13 Å². The summed E-state index contributed by atoms with van der Waals surface area (Å²) in [6.45, 7) is 6.81. The lowest BCUT2D eigenvalue weighted by Gasteiger charge is -2.17. The van der Waals surface area contributed by atoms with Crippen LogP contribution in [0.15, 0.2) is 58.1 Å². The zero-order chi connectivity index (χ0) is 19.6. The van der Waals surface area contributed by atoms with E-state index in [9.17, 15) is 9.59 Å². The molecule has 2 aromatic carbocycles. The Morgan fingerprint density at radius 3 is 2.11 bits per heavy atom. The van der Waals surface area contributed by atoms with Gasteiger partial charge in [0.15, 0.2) is 0 Å². The minimum absolute atomic E-state index is 0.202. The number of hydrogen-bond acceptors (Lipinski definition) is 2. The summed E-state index contributed by atoms with van der Waals surface area (Å²) in [6, 6.07) is 16.1. The van der Waals surface area contributed by atoms with Crippen molar-refractivity contribution in [3.8, 4) is 0 Å². The van der Waals surface area contributed by atoms with Crippen molar-refractivity contribution in [1.82, 2.24) is 9.13 Å². The van der Waals surface area contributed by atoms with Crippen molar-refractivity contribution in [2.45, 2.75) is 40.3 Å². The summed E-state index contributed by atoms with van der Waals surface area (Å²) in [5.41, 5.74) is 4.83. The van der Waals surface area contributed by atoms with E-state index in [4.69, 9.17) is 0 Å². The van der Waals surface area contributed by atoms with Crippen LogP contribution >= 0.6 is 22.6 Å². The molecule has 0 amide bonds. The van der Waals surface area contributed by atoms with Crippen LogP contribution in [0.5, 0.6) is 0 Å². The van der Waals surface area contributed by atoms with Crippen LogP contribution in [0.1, 0.15) is 27.9 Å². The fourth-order valence-corrected chi connectivity index (χ4v) is 3.88. The molecule has 3 rings (SSSR count). The third-order valence-electron chi connectivity index (χ3n) is 5.04. The van der Waals surface area contributed by atoms with Gasteiger partial charge in [-0.3, -0.25) is 13.9 Å². The molecule has 0 saturated heterocycles. The summed E-state index contributed by atoms with van der Waals surface area (Å²) in [6.07, 6.45) is 0.651. The van der Waals surface area contributed by atoms with Crippen molar-refractivity contribution in [3.05, 3.63) is 101 Å². The molecule has 0 saturated carbocycles. The predicted molar refractivity (Wildman–Crippen MR) is 118 cm³/mol. The normalized spacial score (nSPS) is 11.0. The third kappa shape index (κ3) is 4.08. The lowest BCUT2D eigenvalue weighted by atomic mass is 10.0. The second-order valence-corrected chi connectivity index (χ2v) is 7.91. The zero-order valence-electron chi connectivity index (χ0n) is 15.8.